The third kappa shape index (κ3) is 2.40. The van der Waals surface area contributed by atoms with Crippen LogP contribution in [0.3, 0.4) is 0 Å². The van der Waals surface area contributed by atoms with Crippen molar-refractivity contribution >= 4 is 5.97 Å². The van der Waals surface area contributed by atoms with Crippen molar-refractivity contribution in [3.63, 3.8) is 0 Å². The molecule has 0 heterocycles. The van der Waals surface area contributed by atoms with Crippen LogP contribution in [-0.2, 0) is 9.53 Å². The molecule has 0 aromatic heterocycles. The molecule has 0 N–H and O–H groups in total. The number of rotatable bonds is 4. The van der Waals surface area contributed by atoms with E-state index in [2.05, 4.69) is 20.8 Å². The van der Waals surface area contributed by atoms with Gasteiger partial charge in [0.25, 0.3) is 0 Å². The van der Waals surface area contributed by atoms with Gasteiger partial charge >= 0.3 is 5.97 Å². The lowest BCUT2D eigenvalue weighted by Crippen LogP contribution is -2.58. The van der Waals surface area contributed by atoms with Crippen LogP contribution in [0.25, 0.3) is 0 Å². The second-order valence-electron chi connectivity index (χ2n) is 8.44. The molecule has 0 aliphatic heterocycles. The third-order valence-corrected chi connectivity index (χ3v) is 6.31. The van der Waals surface area contributed by atoms with Crippen molar-refractivity contribution in [2.24, 2.45) is 35.5 Å². The number of hydrogen-bond acceptors (Lipinski definition) is 2. The summed E-state index contributed by atoms with van der Waals surface area (Å²) in [4.78, 5) is 12.5. The van der Waals surface area contributed by atoms with E-state index in [-0.39, 0.29) is 17.5 Å². The maximum Gasteiger partial charge on any atom is 0.309 e. The molecule has 0 spiro atoms. The zero-order chi connectivity index (χ0) is 14.5. The fourth-order valence-corrected chi connectivity index (χ4v) is 5.41. The average molecular weight is 278 g/mol. The largest absolute Gasteiger partial charge is 0.459 e. The van der Waals surface area contributed by atoms with E-state index in [1.807, 2.05) is 6.92 Å². The monoisotopic (exact) mass is 278 g/mol. The predicted molar refractivity (Wildman–Crippen MR) is 80.2 cm³/mol. The Labute approximate surface area is 123 Å². The number of hydrogen-bond donors (Lipinski definition) is 0. The summed E-state index contributed by atoms with van der Waals surface area (Å²) in [5.41, 5.74) is -0.157. The first-order valence-electron chi connectivity index (χ1n) is 8.61. The van der Waals surface area contributed by atoms with Gasteiger partial charge in [-0.2, -0.15) is 0 Å². The van der Waals surface area contributed by atoms with Crippen molar-refractivity contribution in [2.45, 2.75) is 71.8 Å². The Morgan fingerprint density at radius 2 is 1.55 bits per heavy atom. The zero-order valence-electron chi connectivity index (χ0n) is 13.5. The fraction of sp³-hybridized carbons (Fsp3) is 0.944. The maximum absolute atomic E-state index is 12.5. The van der Waals surface area contributed by atoms with Crippen LogP contribution >= 0.6 is 0 Å². The normalized spacial score (nSPS) is 43.9. The summed E-state index contributed by atoms with van der Waals surface area (Å²) < 4.78 is 6.14. The molecular formula is C18H30O2. The van der Waals surface area contributed by atoms with Crippen LogP contribution in [0.5, 0.6) is 0 Å². The summed E-state index contributed by atoms with van der Waals surface area (Å²) in [5.74, 6) is 3.78. The lowest BCUT2D eigenvalue weighted by atomic mass is 9.50. The van der Waals surface area contributed by atoms with Gasteiger partial charge in [0.1, 0.15) is 5.60 Å². The summed E-state index contributed by atoms with van der Waals surface area (Å²) in [6, 6.07) is 0. The van der Waals surface area contributed by atoms with Gasteiger partial charge in [-0.1, -0.05) is 20.8 Å². The van der Waals surface area contributed by atoms with Crippen LogP contribution < -0.4 is 0 Å². The molecule has 2 heteroatoms. The Kier molecular flexibility index (Phi) is 3.63. The first-order valence-corrected chi connectivity index (χ1v) is 8.61. The highest BCUT2D eigenvalue weighted by Crippen LogP contribution is 2.59. The summed E-state index contributed by atoms with van der Waals surface area (Å²) in [6.45, 7) is 8.62. The molecule has 0 radical (unpaired) electrons. The first-order chi connectivity index (χ1) is 9.38. The Morgan fingerprint density at radius 1 is 1.05 bits per heavy atom. The summed E-state index contributed by atoms with van der Waals surface area (Å²) in [6.07, 6.45) is 7.59. The molecule has 4 bridgehead atoms. The van der Waals surface area contributed by atoms with Crippen molar-refractivity contribution < 1.29 is 9.53 Å². The topological polar surface area (TPSA) is 26.3 Å². The van der Waals surface area contributed by atoms with Gasteiger partial charge in [0.15, 0.2) is 0 Å². The van der Waals surface area contributed by atoms with Crippen molar-refractivity contribution in [3.8, 4) is 0 Å². The minimum Gasteiger partial charge on any atom is -0.459 e. The summed E-state index contributed by atoms with van der Waals surface area (Å²) >= 11 is 0. The Morgan fingerprint density at radius 3 is 2.00 bits per heavy atom. The molecule has 2 nitrogen and oxygen atoms in total. The van der Waals surface area contributed by atoms with Gasteiger partial charge in [-0.3, -0.25) is 4.79 Å². The van der Waals surface area contributed by atoms with E-state index < -0.39 is 0 Å². The van der Waals surface area contributed by atoms with E-state index >= 15 is 0 Å². The second kappa shape index (κ2) is 5.03. The molecule has 20 heavy (non-hydrogen) atoms. The van der Waals surface area contributed by atoms with Crippen LogP contribution in [-0.4, -0.2) is 11.6 Å². The van der Waals surface area contributed by atoms with Gasteiger partial charge in [0.05, 0.1) is 5.92 Å². The van der Waals surface area contributed by atoms with Crippen LogP contribution in [0.2, 0.25) is 0 Å². The smallest absolute Gasteiger partial charge is 0.309 e. The van der Waals surface area contributed by atoms with Crippen molar-refractivity contribution in [3.05, 3.63) is 0 Å². The van der Waals surface area contributed by atoms with E-state index in [0.717, 1.165) is 18.3 Å². The molecule has 4 saturated carbocycles. The third-order valence-electron chi connectivity index (χ3n) is 6.31. The van der Waals surface area contributed by atoms with Crippen LogP contribution in [0.4, 0.5) is 0 Å². The highest BCUT2D eigenvalue weighted by molar-refractivity contribution is 5.72. The maximum atomic E-state index is 12.5. The van der Waals surface area contributed by atoms with Crippen LogP contribution in [0.15, 0.2) is 0 Å². The summed E-state index contributed by atoms with van der Waals surface area (Å²) in [5, 5.41) is 0. The van der Waals surface area contributed by atoms with Gasteiger partial charge in [-0.25, -0.2) is 0 Å². The molecule has 0 aromatic carbocycles. The Balaban J connectivity index is 1.68. The zero-order valence-corrected chi connectivity index (χ0v) is 13.5. The van der Waals surface area contributed by atoms with Crippen LogP contribution in [0.1, 0.15) is 66.2 Å². The number of carbonyl (C=O) groups is 1. The van der Waals surface area contributed by atoms with E-state index in [4.69, 9.17) is 4.74 Å². The predicted octanol–water partition coefficient (Wildman–Crippen LogP) is 4.43. The lowest BCUT2D eigenvalue weighted by Gasteiger charge is -2.59. The number of ether oxygens (including phenoxy) is 1. The highest BCUT2D eigenvalue weighted by Gasteiger charge is 2.57. The van der Waals surface area contributed by atoms with E-state index in [1.165, 1.54) is 32.1 Å². The highest BCUT2D eigenvalue weighted by atomic mass is 16.6. The molecule has 114 valence electrons. The standard InChI is InChI=1S/C18H30O2/c1-11(2)5-12(3)17(19)20-18(4)15-7-13-6-14(9-15)10-16(18)8-13/h11-16H,5-10H2,1-4H3. The summed E-state index contributed by atoms with van der Waals surface area (Å²) in [7, 11) is 0. The van der Waals surface area contributed by atoms with E-state index in [1.54, 1.807) is 0 Å². The Bertz CT molecular complexity index is 357. The molecule has 0 amide bonds. The SMILES string of the molecule is CC(C)CC(C)C(=O)OC1(C)C2CC3CC(C2)CC1C3. The first kappa shape index (κ1) is 14.4. The molecule has 0 aromatic rings. The Hall–Kier alpha value is -0.530. The molecule has 1 atom stereocenters. The van der Waals surface area contributed by atoms with Crippen LogP contribution in [0, 0.1) is 35.5 Å². The molecule has 4 rings (SSSR count). The average Bonchev–Trinajstić information content (AvgIpc) is 2.34. The molecule has 1 unspecified atom stereocenters. The minimum absolute atomic E-state index is 0.0454. The second-order valence-corrected chi connectivity index (χ2v) is 8.44. The molecule has 0 saturated heterocycles. The van der Waals surface area contributed by atoms with Gasteiger partial charge in [0, 0.05) is 0 Å². The number of carbonyl (C=O) groups excluding carboxylic acids is 1. The van der Waals surface area contributed by atoms with E-state index in [9.17, 15) is 4.79 Å². The van der Waals surface area contributed by atoms with Gasteiger partial charge < -0.3 is 4.74 Å². The molecular weight excluding hydrogens is 248 g/mol. The molecule has 4 aliphatic carbocycles. The van der Waals surface area contributed by atoms with Gasteiger partial charge in [0.2, 0.25) is 0 Å². The minimum atomic E-state index is -0.157. The fourth-order valence-electron chi connectivity index (χ4n) is 5.41. The quantitative estimate of drug-likeness (QED) is 0.711. The molecule has 4 aliphatic rings. The van der Waals surface area contributed by atoms with Crippen molar-refractivity contribution in [1.82, 2.24) is 0 Å². The van der Waals surface area contributed by atoms with Crippen molar-refractivity contribution in [1.29, 1.82) is 0 Å². The van der Waals surface area contributed by atoms with Gasteiger partial charge in [-0.15, -0.1) is 0 Å². The lowest BCUT2D eigenvalue weighted by molar-refractivity contribution is -0.207. The number of esters is 1. The van der Waals surface area contributed by atoms with Gasteiger partial charge in [-0.05, 0) is 75.0 Å². The molecule has 4 fully saturated rings. The van der Waals surface area contributed by atoms with Crippen molar-refractivity contribution in [2.75, 3.05) is 0 Å². The van der Waals surface area contributed by atoms with E-state index in [0.29, 0.717) is 17.8 Å².